The largest absolute Gasteiger partial charge is 0.673 e. The number of para-hydroxylation sites is 1. The van der Waals surface area contributed by atoms with Gasteiger partial charge in [0.25, 0.3) is 0 Å². The number of carbonyl (C=O) groups is 1. The molecule has 0 atom stereocenters. The Kier molecular flexibility index (Phi) is 7.09. The van der Waals surface area contributed by atoms with E-state index in [2.05, 4.69) is 4.99 Å². The summed E-state index contributed by atoms with van der Waals surface area (Å²) in [5, 5.41) is 1.93. The SMILES string of the molecule is CC(=O)Oc1ccc([NH+]=c2cc(-c3ccccc3)oc3ccccc23)cc1.F[B-](F)(F)F. The van der Waals surface area contributed by atoms with Crippen molar-refractivity contribution in [3.05, 3.63) is 90.3 Å². The number of ether oxygens (including phenoxy) is 1. The Hall–Kier alpha value is -3.88. The van der Waals surface area contributed by atoms with Crippen LogP contribution in [0.1, 0.15) is 6.92 Å². The monoisotopic (exact) mass is 443 g/mol. The lowest BCUT2D eigenvalue weighted by Gasteiger charge is -2.03. The fourth-order valence-corrected chi connectivity index (χ4v) is 2.91. The summed E-state index contributed by atoms with van der Waals surface area (Å²) in [6.45, 7) is 1.39. The van der Waals surface area contributed by atoms with Crippen LogP contribution in [-0.2, 0) is 4.79 Å². The second-order valence-electron chi connectivity index (χ2n) is 6.62. The van der Waals surface area contributed by atoms with E-state index in [0.717, 1.165) is 33.3 Å². The van der Waals surface area contributed by atoms with Crippen LogP contribution in [0.2, 0.25) is 0 Å². The van der Waals surface area contributed by atoms with Crippen LogP contribution >= 0.6 is 0 Å². The summed E-state index contributed by atoms with van der Waals surface area (Å²) >= 11 is 0. The number of rotatable bonds is 3. The van der Waals surface area contributed by atoms with Gasteiger partial charge in [-0.25, -0.2) is 4.99 Å². The fourth-order valence-electron chi connectivity index (χ4n) is 2.91. The van der Waals surface area contributed by atoms with Gasteiger partial charge in [-0.05, 0) is 24.3 Å². The van der Waals surface area contributed by atoms with Crippen molar-refractivity contribution in [2.24, 2.45) is 0 Å². The van der Waals surface area contributed by atoms with E-state index < -0.39 is 7.25 Å². The lowest BCUT2D eigenvalue weighted by Crippen LogP contribution is -2.70. The van der Waals surface area contributed by atoms with Crippen LogP contribution in [0.5, 0.6) is 5.75 Å². The molecule has 9 heteroatoms. The summed E-state index contributed by atoms with van der Waals surface area (Å²) in [7, 11) is -6.00. The van der Waals surface area contributed by atoms with E-state index in [1.807, 2.05) is 72.8 Å². The Labute approximate surface area is 180 Å². The number of hydrogen-bond donors (Lipinski definition) is 1. The summed E-state index contributed by atoms with van der Waals surface area (Å²) in [6, 6.07) is 27.2. The van der Waals surface area contributed by atoms with Crippen molar-refractivity contribution >= 4 is 29.9 Å². The minimum absolute atomic E-state index is 0.334. The summed E-state index contributed by atoms with van der Waals surface area (Å²) < 4.78 is 50.2. The van der Waals surface area contributed by atoms with Crippen molar-refractivity contribution in [1.82, 2.24) is 0 Å². The average Bonchev–Trinajstić information content (AvgIpc) is 2.74. The van der Waals surface area contributed by atoms with Crippen LogP contribution < -0.4 is 15.1 Å². The highest BCUT2D eigenvalue weighted by atomic mass is 19.5. The van der Waals surface area contributed by atoms with Gasteiger partial charge in [-0.15, -0.1) is 0 Å². The smallest absolute Gasteiger partial charge is 0.456 e. The van der Waals surface area contributed by atoms with Gasteiger partial charge in [0.1, 0.15) is 17.1 Å². The van der Waals surface area contributed by atoms with Gasteiger partial charge in [0.2, 0.25) is 11.0 Å². The van der Waals surface area contributed by atoms with E-state index in [1.165, 1.54) is 6.92 Å². The molecule has 1 aromatic heterocycles. The molecule has 0 spiro atoms. The molecule has 0 amide bonds. The third-order valence-corrected chi connectivity index (χ3v) is 4.13. The normalized spacial score (nSPS) is 11.6. The number of fused-ring (bicyclic) bond motifs is 1. The molecule has 0 aliphatic carbocycles. The van der Waals surface area contributed by atoms with Gasteiger partial charge >= 0.3 is 13.2 Å². The van der Waals surface area contributed by atoms with E-state index in [0.29, 0.717) is 5.75 Å². The molecule has 4 aromatic rings. The molecule has 0 unspecified atom stereocenters. The molecule has 4 nitrogen and oxygen atoms in total. The summed E-state index contributed by atoms with van der Waals surface area (Å²) in [4.78, 5) is 14.5. The second-order valence-corrected chi connectivity index (χ2v) is 6.62. The minimum Gasteiger partial charge on any atom is -0.456 e. The number of benzene rings is 3. The van der Waals surface area contributed by atoms with E-state index in [4.69, 9.17) is 9.15 Å². The van der Waals surface area contributed by atoms with Gasteiger partial charge in [0.05, 0.1) is 11.5 Å². The van der Waals surface area contributed by atoms with Crippen molar-refractivity contribution in [3.8, 4) is 17.1 Å². The van der Waals surface area contributed by atoms with Crippen LogP contribution in [0.25, 0.3) is 22.3 Å². The van der Waals surface area contributed by atoms with Gasteiger partial charge in [-0.3, -0.25) is 4.79 Å². The first kappa shape index (κ1) is 22.8. The molecule has 164 valence electrons. The molecule has 3 aromatic carbocycles. The Bertz CT molecular complexity index is 1260. The molecule has 0 aliphatic rings. The lowest BCUT2D eigenvalue weighted by atomic mass is 10.1. The fraction of sp³-hybridized carbons (Fsp3) is 0.0435. The quantitative estimate of drug-likeness (QED) is 0.217. The first-order valence-corrected chi connectivity index (χ1v) is 9.53. The van der Waals surface area contributed by atoms with Crippen LogP contribution in [0.15, 0.2) is 89.3 Å². The molecule has 1 N–H and O–H groups in total. The standard InChI is InChI=1S/C23H17NO3.BF4/c1-16(25)26-19-13-11-18(12-14-19)24-21-15-23(17-7-3-2-4-8-17)27-22-10-6-5-9-20(21)22;2-1(3,4)5/h2-15H,1H3;/q;-1/p+1. The zero-order chi connectivity index (χ0) is 23.1. The molecule has 0 aliphatic heterocycles. The third kappa shape index (κ3) is 6.83. The molecule has 32 heavy (non-hydrogen) atoms. The van der Waals surface area contributed by atoms with E-state index in [1.54, 1.807) is 12.1 Å². The van der Waals surface area contributed by atoms with E-state index in [9.17, 15) is 22.1 Å². The van der Waals surface area contributed by atoms with Crippen molar-refractivity contribution in [2.75, 3.05) is 0 Å². The molecule has 0 radical (unpaired) electrons. The zero-order valence-electron chi connectivity index (χ0n) is 16.9. The van der Waals surface area contributed by atoms with Gasteiger partial charge < -0.3 is 26.4 Å². The van der Waals surface area contributed by atoms with Crippen LogP contribution in [0.3, 0.4) is 0 Å². The number of carbonyl (C=O) groups excluding carboxylic acids is 1. The van der Waals surface area contributed by atoms with E-state index in [-0.39, 0.29) is 5.97 Å². The van der Waals surface area contributed by atoms with Crippen molar-refractivity contribution in [2.45, 2.75) is 6.92 Å². The number of nitrogens with one attached hydrogen (secondary N) is 1. The Balaban J connectivity index is 0.000000523. The van der Waals surface area contributed by atoms with Gasteiger partial charge in [0.15, 0.2) is 0 Å². The topological polar surface area (TPSA) is 53.4 Å². The molecule has 1 heterocycles. The van der Waals surface area contributed by atoms with Crippen molar-refractivity contribution < 1.29 is 36.2 Å². The molecule has 0 saturated carbocycles. The van der Waals surface area contributed by atoms with E-state index >= 15 is 0 Å². The summed E-state index contributed by atoms with van der Waals surface area (Å²) in [5.41, 5.74) is 2.70. The average molecular weight is 443 g/mol. The Morgan fingerprint density at radius 2 is 1.47 bits per heavy atom. The predicted octanol–water partition coefficient (Wildman–Crippen LogP) is 4.64. The molecular formula is C23H18BF4NO3. The number of hydrogen-bond acceptors (Lipinski definition) is 3. The minimum atomic E-state index is -6.00. The van der Waals surface area contributed by atoms with Crippen LogP contribution in [0.4, 0.5) is 23.0 Å². The Morgan fingerprint density at radius 1 is 0.875 bits per heavy atom. The maximum atomic E-state index is 11.1. The Morgan fingerprint density at radius 3 is 2.09 bits per heavy atom. The van der Waals surface area contributed by atoms with Crippen LogP contribution in [-0.4, -0.2) is 13.2 Å². The predicted molar refractivity (Wildman–Crippen MR) is 113 cm³/mol. The zero-order valence-corrected chi connectivity index (χ0v) is 16.9. The molecule has 0 fully saturated rings. The first-order valence-electron chi connectivity index (χ1n) is 9.53. The maximum Gasteiger partial charge on any atom is 0.673 e. The summed E-state index contributed by atoms with van der Waals surface area (Å²) in [6.07, 6.45) is 0. The molecular weight excluding hydrogens is 425 g/mol. The van der Waals surface area contributed by atoms with Gasteiger partial charge in [-0.2, -0.15) is 0 Å². The first-order chi connectivity index (χ1) is 15.2. The van der Waals surface area contributed by atoms with Crippen molar-refractivity contribution in [3.63, 3.8) is 0 Å². The van der Waals surface area contributed by atoms with Crippen molar-refractivity contribution in [1.29, 1.82) is 0 Å². The second kappa shape index (κ2) is 9.95. The highest BCUT2D eigenvalue weighted by Crippen LogP contribution is 2.21. The lowest BCUT2D eigenvalue weighted by molar-refractivity contribution is -0.400. The number of esters is 1. The number of halogens is 4. The highest BCUT2D eigenvalue weighted by Gasteiger charge is 2.20. The van der Waals surface area contributed by atoms with Gasteiger partial charge in [-0.1, -0.05) is 42.5 Å². The highest BCUT2D eigenvalue weighted by molar-refractivity contribution is 6.50. The molecule has 0 saturated heterocycles. The molecule has 4 rings (SSSR count). The third-order valence-electron chi connectivity index (χ3n) is 4.13. The molecule has 0 bridgehead atoms. The van der Waals surface area contributed by atoms with Crippen LogP contribution in [0, 0.1) is 0 Å². The maximum absolute atomic E-state index is 11.1. The summed E-state index contributed by atoms with van der Waals surface area (Å²) in [5.74, 6) is 0.971. The van der Waals surface area contributed by atoms with Gasteiger partial charge in [0, 0.05) is 24.6 Å².